The van der Waals surface area contributed by atoms with Crippen molar-refractivity contribution in [1.29, 1.82) is 0 Å². The van der Waals surface area contributed by atoms with Crippen molar-refractivity contribution in [2.75, 3.05) is 19.0 Å². The smallest absolute Gasteiger partial charge is 0.312 e. The number of ether oxygens (including phenoxy) is 2. The number of nitrogens with zero attached hydrogens (tertiary/aromatic N) is 1. The van der Waals surface area contributed by atoms with Gasteiger partial charge in [0.15, 0.2) is 6.10 Å². The summed E-state index contributed by atoms with van der Waals surface area (Å²) in [5.41, 5.74) is 1.45. The van der Waals surface area contributed by atoms with Crippen LogP contribution in [0.1, 0.15) is 24.7 Å². The monoisotopic (exact) mass is 400 g/mol. The van der Waals surface area contributed by atoms with Crippen molar-refractivity contribution in [2.45, 2.75) is 32.9 Å². The molecular formula is C21H24N2O6. The minimum atomic E-state index is -1.01. The molecule has 2 aromatic rings. The normalized spacial score (nSPS) is 17.1. The molecule has 0 saturated carbocycles. The van der Waals surface area contributed by atoms with E-state index in [1.807, 2.05) is 13.0 Å². The van der Waals surface area contributed by atoms with Gasteiger partial charge < -0.3 is 24.1 Å². The minimum Gasteiger partial charge on any atom is -0.495 e. The van der Waals surface area contributed by atoms with Crippen molar-refractivity contribution in [3.63, 3.8) is 0 Å². The molecule has 2 heterocycles. The number of esters is 1. The van der Waals surface area contributed by atoms with Gasteiger partial charge in [-0.2, -0.15) is 0 Å². The number of anilines is 1. The molecule has 2 atom stereocenters. The Kier molecular flexibility index (Phi) is 6.21. The lowest BCUT2D eigenvalue weighted by Crippen LogP contribution is -2.33. The van der Waals surface area contributed by atoms with E-state index in [2.05, 4.69) is 5.32 Å². The number of furan rings is 1. The lowest BCUT2D eigenvalue weighted by Gasteiger charge is -2.18. The topological polar surface area (TPSA) is 98.1 Å². The summed E-state index contributed by atoms with van der Waals surface area (Å²) in [4.78, 5) is 38.6. The lowest BCUT2D eigenvalue weighted by molar-refractivity contribution is -0.157. The molecule has 3 rings (SSSR count). The first kappa shape index (κ1) is 20.4. The number of likely N-dealkylation sites (tertiary alicyclic amines) is 1. The Hall–Kier alpha value is -3.29. The predicted molar refractivity (Wildman–Crippen MR) is 104 cm³/mol. The van der Waals surface area contributed by atoms with Crippen molar-refractivity contribution in [3.05, 3.63) is 47.9 Å². The summed E-state index contributed by atoms with van der Waals surface area (Å²) < 4.78 is 15.8. The van der Waals surface area contributed by atoms with Gasteiger partial charge in [-0.1, -0.05) is 6.07 Å². The Labute approximate surface area is 168 Å². The molecule has 1 N–H and O–H groups in total. The average molecular weight is 400 g/mol. The Morgan fingerprint density at radius 2 is 2.14 bits per heavy atom. The first-order valence-corrected chi connectivity index (χ1v) is 9.33. The number of carbonyl (C=O) groups is 3. The molecule has 0 unspecified atom stereocenters. The highest BCUT2D eigenvalue weighted by molar-refractivity contribution is 5.97. The largest absolute Gasteiger partial charge is 0.495 e. The van der Waals surface area contributed by atoms with Gasteiger partial charge >= 0.3 is 5.97 Å². The molecule has 2 amide bonds. The number of hydrogen-bond donors (Lipinski definition) is 1. The first-order chi connectivity index (χ1) is 13.9. The Balaban J connectivity index is 1.55. The number of nitrogens with one attached hydrogen (secondary N) is 1. The van der Waals surface area contributed by atoms with E-state index in [4.69, 9.17) is 13.9 Å². The van der Waals surface area contributed by atoms with Crippen molar-refractivity contribution in [2.24, 2.45) is 5.92 Å². The number of rotatable bonds is 7. The summed E-state index contributed by atoms with van der Waals surface area (Å²) in [6.07, 6.45) is 0.576. The number of benzene rings is 1. The van der Waals surface area contributed by atoms with E-state index < -0.39 is 23.9 Å². The quantitative estimate of drug-likeness (QED) is 0.717. The minimum absolute atomic E-state index is 0.0551. The maximum Gasteiger partial charge on any atom is 0.312 e. The van der Waals surface area contributed by atoms with Gasteiger partial charge in [0.05, 0.1) is 31.5 Å². The van der Waals surface area contributed by atoms with Gasteiger partial charge in [0.1, 0.15) is 11.5 Å². The summed E-state index contributed by atoms with van der Waals surface area (Å²) >= 11 is 0. The van der Waals surface area contributed by atoms with E-state index in [1.54, 1.807) is 29.2 Å². The fourth-order valence-electron chi connectivity index (χ4n) is 3.15. The van der Waals surface area contributed by atoms with E-state index >= 15 is 0 Å². The summed E-state index contributed by atoms with van der Waals surface area (Å²) in [7, 11) is 1.51. The van der Waals surface area contributed by atoms with Crippen LogP contribution in [0.2, 0.25) is 0 Å². The van der Waals surface area contributed by atoms with Gasteiger partial charge in [-0.05, 0) is 43.7 Å². The molecule has 1 aromatic heterocycles. The van der Waals surface area contributed by atoms with Crippen LogP contribution in [0.5, 0.6) is 5.75 Å². The van der Waals surface area contributed by atoms with E-state index in [0.717, 1.165) is 5.56 Å². The molecule has 1 aliphatic heterocycles. The fraction of sp³-hybridized carbons (Fsp3) is 0.381. The number of methoxy groups -OCH3 is 1. The van der Waals surface area contributed by atoms with Crippen molar-refractivity contribution in [3.8, 4) is 5.75 Å². The van der Waals surface area contributed by atoms with Crippen LogP contribution in [0.3, 0.4) is 0 Å². The molecule has 0 radical (unpaired) electrons. The molecule has 1 aliphatic rings. The molecule has 154 valence electrons. The van der Waals surface area contributed by atoms with Crippen LogP contribution in [-0.2, 0) is 25.7 Å². The predicted octanol–water partition coefficient (Wildman–Crippen LogP) is 2.52. The van der Waals surface area contributed by atoms with Gasteiger partial charge in [-0.15, -0.1) is 0 Å². The molecule has 8 heteroatoms. The maximum absolute atomic E-state index is 12.5. The summed E-state index contributed by atoms with van der Waals surface area (Å²) in [5.74, 6) is -0.644. The highest BCUT2D eigenvalue weighted by atomic mass is 16.5. The molecule has 0 bridgehead atoms. The Morgan fingerprint density at radius 1 is 1.34 bits per heavy atom. The molecule has 29 heavy (non-hydrogen) atoms. The second-order valence-electron chi connectivity index (χ2n) is 7.03. The van der Waals surface area contributed by atoms with Gasteiger partial charge in [0.2, 0.25) is 5.91 Å². The zero-order valence-electron chi connectivity index (χ0n) is 16.6. The van der Waals surface area contributed by atoms with E-state index in [1.165, 1.54) is 20.3 Å². The third-order valence-electron chi connectivity index (χ3n) is 4.75. The summed E-state index contributed by atoms with van der Waals surface area (Å²) in [6.45, 7) is 3.92. The third-order valence-corrected chi connectivity index (χ3v) is 4.75. The summed E-state index contributed by atoms with van der Waals surface area (Å²) in [5, 5.41) is 2.71. The maximum atomic E-state index is 12.5. The van der Waals surface area contributed by atoms with Gasteiger partial charge in [0.25, 0.3) is 5.91 Å². The Bertz CT molecular complexity index is 893. The van der Waals surface area contributed by atoms with Crippen LogP contribution in [0.25, 0.3) is 0 Å². The van der Waals surface area contributed by atoms with Crippen LogP contribution in [0.4, 0.5) is 5.69 Å². The van der Waals surface area contributed by atoms with Crippen LogP contribution in [0, 0.1) is 12.8 Å². The highest BCUT2D eigenvalue weighted by Gasteiger charge is 2.37. The Morgan fingerprint density at radius 3 is 2.83 bits per heavy atom. The lowest BCUT2D eigenvalue weighted by atomic mass is 10.1. The van der Waals surface area contributed by atoms with Crippen molar-refractivity contribution >= 4 is 23.5 Å². The van der Waals surface area contributed by atoms with Crippen LogP contribution in [-0.4, -0.2) is 42.4 Å². The standard InChI is InChI=1S/C21H24N2O6/c1-13-6-7-18(27-3)17(9-13)22-20(25)14(2)29-21(26)15-10-19(24)23(11-15)12-16-5-4-8-28-16/h4-9,14-15H,10-12H2,1-3H3,(H,22,25)/t14-,15-/m0/s1. The van der Waals surface area contributed by atoms with Gasteiger partial charge in [0, 0.05) is 13.0 Å². The molecular weight excluding hydrogens is 376 g/mol. The molecule has 0 spiro atoms. The first-order valence-electron chi connectivity index (χ1n) is 9.33. The third kappa shape index (κ3) is 4.96. The van der Waals surface area contributed by atoms with Gasteiger partial charge in [-0.3, -0.25) is 14.4 Å². The van der Waals surface area contributed by atoms with Crippen LogP contribution >= 0.6 is 0 Å². The molecule has 0 aliphatic carbocycles. The van der Waals surface area contributed by atoms with E-state index in [9.17, 15) is 14.4 Å². The molecule has 1 saturated heterocycles. The zero-order valence-corrected chi connectivity index (χ0v) is 16.6. The molecule has 8 nitrogen and oxygen atoms in total. The van der Waals surface area contributed by atoms with Crippen molar-refractivity contribution < 1.29 is 28.3 Å². The van der Waals surface area contributed by atoms with Crippen molar-refractivity contribution in [1.82, 2.24) is 4.90 Å². The molecule has 1 fully saturated rings. The zero-order chi connectivity index (χ0) is 21.0. The fourth-order valence-corrected chi connectivity index (χ4v) is 3.15. The SMILES string of the molecule is COc1ccc(C)cc1NC(=O)[C@H](C)OC(=O)[C@H]1CC(=O)N(Cc2ccco2)C1. The number of aryl methyl sites for hydroxylation is 1. The number of carbonyl (C=O) groups excluding carboxylic acids is 3. The average Bonchev–Trinajstić information content (AvgIpc) is 3.32. The van der Waals surface area contributed by atoms with E-state index in [-0.39, 0.29) is 18.9 Å². The highest BCUT2D eigenvalue weighted by Crippen LogP contribution is 2.26. The molecule has 1 aromatic carbocycles. The summed E-state index contributed by atoms with van der Waals surface area (Å²) in [6, 6.07) is 8.90. The van der Waals surface area contributed by atoms with E-state index in [0.29, 0.717) is 23.7 Å². The second kappa shape index (κ2) is 8.81. The van der Waals surface area contributed by atoms with Crippen LogP contribution in [0.15, 0.2) is 41.0 Å². The number of amides is 2. The van der Waals surface area contributed by atoms with Crippen LogP contribution < -0.4 is 10.1 Å². The second-order valence-corrected chi connectivity index (χ2v) is 7.03. The van der Waals surface area contributed by atoms with Gasteiger partial charge in [-0.25, -0.2) is 0 Å². The number of hydrogen-bond acceptors (Lipinski definition) is 6.